The van der Waals surface area contributed by atoms with Crippen molar-refractivity contribution < 1.29 is 27.7 Å². The normalized spacial score (nSPS) is 17.0. The number of hydrogen-bond donors (Lipinski definition) is 2. The van der Waals surface area contributed by atoms with Crippen molar-refractivity contribution in [2.45, 2.75) is 17.9 Å². The minimum absolute atomic E-state index is 0.0416. The van der Waals surface area contributed by atoms with E-state index in [4.69, 9.17) is 4.55 Å². The fraction of sp³-hybridized carbons (Fsp3) is 0.118. The molecule has 12 heteroatoms. The zero-order chi connectivity index (χ0) is 21.2. The molecule has 0 aromatic heterocycles. The van der Waals surface area contributed by atoms with Gasteiger partial charge in [-0.25, -0.2) is 4.79 Å². The predicted molar refractivity (Wildman–Crippen MR) is 106 cm³/mol. The van der Waals surface area contributed by atoms with Crippen LogP contribution >= 0.6 is 10.8 Å². The van der Waals surface area contributed by atoms with Crippen LogP contribution < -0.4 is 5.01 Å². The van der Waals surface area contributed by atoms with Gasteiger partial charge in [-0.2, -0.15) is 28.8 Å². The minimum atomic E-state index is -4.24. The van der Waals surface area contributed by atoms with Crippen LogP contribution in [0.2, 0.25) is 0 Å². The third-order valence-electron chi connectivity index (χ3n) is 3.79. The monoisotopic (exact) mass is 434 g/mol. The van der Waals surface area contributed by atoms with Gasteiger partial charge in [0.1, 0.15) is 0 Å². The summed E-state index contributed by atoms with van der Waals surface area (Å²) in [4.78, 5) is 24.2. The summed E-state index contributed by atoms with van der Waals surface area (Å²) in [6, 6.07) is 10.8. The van der Waals surface area contributed by atoms with Gasteiger partial charge in [-0.15, -0.1) is 0 Å². The summed E-state index contributed by atoms with van der Waals surface area (Å²) in [6.07, 6.45) is 0. The van der Waals surface area contributed by atoms with Crippen LogP contribution in [0.1, 0.15) is 17.3 Å². The molecule has 2 aromatic carbocycles. The highest BCUT2D eigenvalue weighted by Crippen LogP contribution is 2.28. The van der Waals surface area contributed by atoms with Crippen molar-refractivity contribution in [2.24, 2.45) is 15.3 Å². The van der Waals surface area contributed by atoms with E-state index in [-0.39, 0.29) is 26.9 Å². The number of hydrogen-bond acceptors (Lipinski definition) is 8. The van der Waals surface area contributed by atoms with E-state index < -0.39 is 27.1 Å². The van der Waals surface area contributed by atoms with E-state index in [2.05, 4.69) is 15.3 Å². The Morgan fingerprint density at radius 1 is 1.17 bits per heavy atom. The summed E-state index contributed by atoms with van der Waals surface area (Å²) < 4.78 is 30.7. The zero-order valence-corrected chi connectivity index (χ0v) is 16.5. The van der Waals surface area contributed by atoms with Gasteiger partial charge in [0, 0.05) is 15.7 Å². The fourth-order valence-corrected chi connectivity index (χ4v) is 4.05. The van der Waals surface area contributed by atoms with Gasteiger partial charge in [-0.3, -0.25) is 9.35 Å². The molecule has 0 bridgehead atoms. The summed E-state index contributed by atoms with van der Waals surface area (Å²) in [6.45, 7) is 1.59. The number of carbonyl (C=O) groups is 2. The molecule has 1 aliphatic heterocycles. The molecule has 0 fully saturated rings. The Labute approximate surface area is 169 Å². The second-order valence-electron chi connectivity index (χ2n) is 5.84. The molecule has 1 atom stereocenters. The van der Waals surface area contributed by atoms with Crippen molar-refractivity contribution in [1.29, 1.82) is 0 Å². The molecule has 0 radical (unpaired) electrons. The Morgan fingerprint density at radius 2 is 1.83 bits per heavy atom. The van der Waals surface area contributed by atoms with Gasteiger partial charge in [0.15, 0.2) is 6.04 Å². The molecule has 10 nitrogen and oxygen atoms in total. The molecule has 1 unspecified atom stereocenters. The van der Waals surface area contributed by atoms with Gasteiger partial charge in [-0.05, 0) is 43.3 Å². The predicted octanol–water partition coefficient (Wildman–Crippen LogP) is 3.15. The first kappa shape index (κ1) is 20.6. The maximum Gasteiger partial charge on any atom is 0.337 e. The van der Waals surface area contributed by atoms with E-state index >= 15 is 0 Å². The van der Waals surface area contributed by atoms with Crippen LogP contribution in [0.25, 0.3) is 0 Å². The number of nitrogens with zero attached hydrogens (tertiary/aromatic N) is 4. The lowest BCUT2D eigenvalue weighted by molar-refractivity contribution is -0.117. The van der Waals surface area contributed by atoms with Crippen molar-refractivity contribution in [1.82, 2.24) is 0 Å². The lowest BCUT2D eigenvalue weighted by atomic mass is 10.2. The van der Waals surface area contributed by atoms with Gasteiger partial charge in [0.05, 0.1) is 22.6 Å². The maximum absolute atomic E-state index is 12.7. The highest BCUT2D eigenvalue weighted by Gasteiger charge is 2.34. The summed E-state index contributed by atoms with van der Waals surface area (Å²) in [7, 11) is -3.97. The number of amides is 1. The van der Waals surface area contributed by atoms with Crippen LogP contribution in [0.5, 0.6) is 0 Å². The van der Waals surface area contributed by atoms with Crippen molar-refractivity contribution in [3.63, 3.8) is 0 Å². The van der Waals surface area contributed by atoms with E-state index in [1.165, 1.54) is 36.4 Å². The molecule has 1 aliphatic rings. The first-order valence-electron chi connectivity index (χ1n) is 8.05. The summed E-state index contributed by atoms with van der Waals surface area (Å²) in [5.74, 6) is -1.65. The molecule has 29 heavy (non-hydrogen) atoms. The number of azo groups is 1. The molecule has 2 N–H and O–H groups in total. The van der Waals surface area contributed by atoms with Gasteiger partial charge in [0.2, 0.25) is 0 Å². The third kappa shape index (κ3) is 4.85. The van der Waals surface area contributed by atoms with E-state index in [0.29, 0.717) is 11.4 Å². The van der Waals surface area contributed by atoms with Crippen molar-refractivity contribution in [2.75, 3.05) is 5.01 Å². The van der Waals surface area contributed by atoms with Gasteiger partial charge in [-0.1, -0.05) is 12.1 Å². The molecular formula is C17H14N4O6S2. The Balaban J connectivity index is 1.80. The van der Waals surface area contributed by atoms with E-state index in [9.17, 15) is 23.1 Å². The number of aromatic carboxylic acids is 1. The zero-order valence-electron chi connectivity index (χ0n) is 14.8. The number of carboxylic acids is 1. The molecule has 3 rings (SSSR count). The highest BCUT2D eigenvalue weighted by molar-refractivity contribution is 8.69. The number of carbonyl (C=O) groups excluding carboxylic acids is 1. The second kappa shape index (κ2) is 8.11. The molecular weight excluding hydrogens is 420 g/mol. The Hall–Kier alpha value is -3.09. The Kier molecular flexibility index (Phi) is 5.77. The molecule has 1 amide bonds. The average Bonchev–Trinajstić information content (AvgIpc) is 2.93. The number of hydrazone groups is 1. The van der Waals surface area contributed by atoms with E-state index in [1.807, 2.05) is 0 Å². The van der Waals surface area contributed by atoms with Crippen LogP contribution in [0, 0.1) is 0 Å². The SMILES string of the molecule is CC1=NN(c2ccc(SS(=O)(=O)O)cc2)C(=O)C1N=Nc1ccccc1C(=O)O. The molecule has 150 valence electrons. The quantitative estimate of drug-likeness (QED) is 0.403. The lowest BCUT2D eigenvalue weighted by Crippen LogP contribution is -2.29. The molecule has 0 saturated heterocycles. The summed E-state index contributed by atoms with van der Waals surface area (Å²) >= 11 is 0. The largest absolute Gasteiger partial charge is 0.478 e. The van der Waals surface area contributed by atoms with Crippen molar-refractivity contribution >= 4 is 48.9 Å². The Morgan fingerprint density at radius 3 is 2.45 bits per heavy atom. The van der Waals surface area contributed by atoms with Crippen LogP contribution in [0.15, 0.2) is 68.8 Å². The van der Waals surface area contributed by atoms with Crippen LogP contribution in [-0.4, -0.2) is 41.7 Å². The number of rotatable bonds is 6. The minimum Gasteiger partial charge on any atom is -0.478 e. The van der Waals surface area contributed by atoms with Gasteiger partial charge < -0.3 is 5.11 Å². The number of anilines is 1. The highest BCUT2D eigenvalue weighted by atomic mass is 33.1. The van der Waals surface area contributed by atoms with Crippen LogP contribution in [0.3, 0.4) is 0 Å². The third-order valence-corrected chi connectivity index (χ3v) is 5.68. The Bertz CT molecular complexity index is 1130. The van der Waals surface area contributed by atoms with E-state index in [1.54, 1.807) is 19.1 Å². The molecule has 0 saturated carbocycles. The van der Waals surface area contributed by atoms with Crippen molar-refractivity contribution in [3.8, 4) is 0 Å². The van der Waals surface area contributed by atoms with E-state index in [0.717, 1.165) is 5.01 Å². The molecule has 1 heterocycles. The molecule has 0 spiro atoms. The molecule has 0 aliphatic carbocycles. The van der Waals surface area contributed by atoms with Gasteiger partial charge >= 0.3 is 15.1 Å². The first-order chi connectivity index (χ1) is 13.7. The van der Waals surface area contributed by atoms with Gasteiger partial charge in [0.25, 0.3) is 5.91 Å². The summed E-state index contributed by atoms with van der Waals surface area (Å²) in [5.41, 5.74) is 0.811. The number of carboxylic acid groups (broad SMARTS) is 1. The molecule has 2 aromatic rings. The maximum atomic E-state index is 12.7. The number of benzene rings is 2. The van der Waals surface area contributed by atoms with Crippen LogP contribution in [-0.2, 0) is 13.9 Å². The lowest BCUT2D eigenvalue weighted by Gasteiger charge is -2.12. The smallest absolute Gasteiger partial charge is 0.337 e. The average molecular weight is 434 g/mol. The topological polar surface area (TPSA) is 149 Å². The fourth-order valence-electron chi connectivity index (χ4n) is 2.50. The van der Waals surface area contributed by atoms with Crippen molar-refractivity contribution in [3.05, 3.63) is 54.1 Å². The second-order valence-corrected chi connectivity index (χ2v) is 9.09. The van der Waals surface area contributed by atoms with Crippen LogP contribution in [0.4, 0.5) is 11.4 Å². The first-order valence-corrected chi connectivity index (χ1v) is 10.8. The summed E-state index contributed by atoms with van der Waals surface area (Å²) in [5, 5.41) is 22.3. The standard InChI is InChI=1S/C17H14N4O6S2/c1-10-15(19-18-14-5-3-2-4-13(14)17(23)24)16(22)21(20-10)11-6-8-12(9-7-11)28-29(25,26)27/h2-9,15H,1H3,(H,23,24)(H,25,26,27).